The highest BCUT2D eigenvalue weighted by Crippen LogP contribution is 2.07. The molecule has 0 radical (unpaired) electrons. The van der Waals surface area contributed by atoms with Crippen molar-refractivity contribution in [2.24, 2.45) is 11.7 Å². The molecule has 1 aliphatic rings. The molecule has 2 atom stereocenters. The van der Waals surface area contributed by atoms with Gasteiger partial charge in [0.25, 0.3) is 0 Å². The normalized spacial score (nSPS) is 22.8. The first-order valence-corrected chi connectivity index (χ1v) is 5.78. The second-order valence-corrected chi connectivity index (χ2v) is 4.88. The first-order valence-electron chi connectivity index (χ1n) is 5.78. The third-order valence-corrected chi connectivity index (χ3v) is 2.72. The summed E-state index contributed by atoms with van der Waals surface area (Å²) in [5, 5.41) is 3.31. The van der Waals surface area contributed by atoms with Gasteiger partial charge in [-0.05, 0) is 19.3 Å². The molecule has 1 aliphatic heterocycles. The molecular formula is C11H24ClN3O. The van der Waals surface area contributed by atoms with Gasteiger partial charge in [-0.2, -0.15) is 0 Å². The van der Waals surface area contributed by atoms with Crippen LogP contribution in [0.2, 0.25) is 0 Å². The number of piperazine rings is 1. The van der Waals surface area contributed by atoms with Crippen LogP contribution in [0.4, 0.5) is 0 Å². The predicted molar refractivity (Wildman–Crippen MR) is 68.7 cm³/mol. The van der Waals surface area contributed by atoms with Gasteiger partial charge in [0.2, 0.25) is 5.91 Å². The van der Waals surface area contributed by atoms with Crippen LogP contribution in [-0.4, -0.2) is 42.5 Å². The van der Waals surface area contributed by atoms with E-state index in [4.69, 9.17) is 5.73 Å². The predicted octanol–water partition coefficient (Wildman–Crippen LogP) is 0.602. The lowest BCUT2D eigenvalue weighted by Crippen LogP contribution is -2.55. The van der Waals surface area contributed by atoms with Crippen molar-refractivity contribution in [2.75, 3.05) is 19.6 Å². The minimum Gasteiger partial charge on any atom is -0.339 e. The van der Waals surface area contributed by atoms with E-state index in [1.807, 2.05) is 4.90 Å². The van der Waals surface area contributed by atoms with Crippen molar-refractivity contribution in [3.05, 3.63) is 0 Å². The van der Waals surface area contributed by atoms with E-state index >= 15 is 0 Å². The summed E-state index contributed by atoms with van der Waals surface area (Å²) < 4.78 is 0. The van der Waals surface area contributed by atoms with Crippen LogP contribution in [0.3, 0.4) is 0 Å². The zero-order valence-electron chi connectivity index (χ0n) is 10.4. The molecule has 0 aliphatic carbocycles. The lowest BCUT2D eigenvalue weighted by atomic mass is 10.0. The Bertz CT molecular complexity index is 223. The van der Waals surface area contributed by atoms with Crippen LogP contribution in [0, 0.1) is 5.92 Å². The lowest BCUT2D eigenvalue weighted by molar-refractivity contribution is -0.134. The maximum absolute atomic E-state index is 12.0. The second kappa shape index (κ2) is 7.09. The monoisotopic (exact) mass is 249 g/mol. The van der Waals surface area contributed by atoms with E-state index in [0.717, 1.165) is 26.1 Å². The fraction of sp³-hybridized carbons (Fsp3) is 0.909. The molecule has 5 heteroatoms. The molecule has 1 fully saturated rings. The van der Waals surface area contributed by atoms with Crippen LogP contribution in [0.1, 0.15) is 27.2 Å². The van der Waals surface area contributed by atoms with Crippen molar-refractivity contribution < 1.29 is 4.79 Å². The number of hydrogen-bond donors (Lipinski definition) is 2. The minimum absolute atomic E-state index is 0. The van der Waals surface area contributed by atoms with Crippen LogP contribution in [-0.2, 0) is 4.79 Å². The van der Waals surface area contributed by atoms with E-state index in [0.29, 0.717) is 12.0 Å². The third kappa shape index (κ3) is 4.68. The zero-order valence-corrected chi connectivity index (χ0v) is 11.2. The van der Waals surface area contributed by atoms with E-state index in [1.165, 1.54) is 0 Å². The molecule has 0 aromatic rings. The summed E-state index contributed by atoms with van der Waals surface area (Å²) in [7, 11) is 0. The van der Waals surface area contributed by atoms with Gasteiger partial charge in [0, 0.05) is 25.7 Å². The van der Waals surface area contributed by atoms with Crippen molar-refractivity contribution in [3.63, 3.8) is 0 Å². The van der Waals surface area contributed by atoms with Gasteiger partial charge in [-0.3, -0.25) is 4.79 Å². The first-order chi connectivity index (χ1) is 7.00. The number of rotatable bonds is 3. The smallest absolute Gasteiger partial charge is 0.239 e. The van der Waals surface area contributed by atoms with Crippen molar-refractivity contribution in [2.45, 2.75) is 39.3 Å². The topological polar surface area (TPSA) is 58.4 Å². The molecule has 1 rings (SSSR count). The SMILES string of the molecule is CC(C)C[C@H](N)C(=O)N1CCNC(C)C1.Cl. The number of nitrogens with two attached hydrogens (primary N) is 1. The number of halogens is 1. The zero-order chi connectivity index (χ0) is 11.4. The fourth-order valence-electron chi connectivity index (χ4n) is 1.98. The average Bonchev–Trinajstić information content (AvgIpc) is 2.15. The summed E-state index contributed by atoms with van der Waals surface area (Å²) in [6, 6.07) is 0.0595. The van der Waals surface area contributed by atoms with E-state index in [2.05, 4.69) is 26.1 Å². The number of nitrogens with one attached hydrogen (secondary N) is 1. The molecule has 1 saturated heterocycles. The van der Waals surface area contributed by atoms with Gasteiger partial charge >= 0.3 is 0 Å². The summed E-state index contributed by atoms with van der Waals surface area (Å²) in [6.07, 6.45) is 0.775. The number of hydrogen-bond acceptors (Lipinski definition) is 3. The maximum atomic E-state index is 12.0. The summed E-state index contributed by atoms with van der Waals surface area (Å²) in [5.41, 5.74) is 5.88. The molecular weight excluding hydrogens is 226 g/mol. The Labute approximate surface area is 104 Å². The molecule has 0 spiro atoms. The van der Waals surface area contributed by atoms with Gasteiger partial charge in [0.15, 0.2) is 0 Å². The average molecular weight is 250 g/mol. The standard InChI is InChI=1S/C11H23N3O.ClH/c1-8(2)6-10(12)11(15)14-5-4-13-9(3)7-14;/h8-10,13H,4-7,12H2,1-3H3;1H/t9?,10-;/m0./s1. The van der Waals surface area contributed by atoms with Crippen molar-refractivity contribution in [1.29, 1.82) is 0 Å². The molecule has 4 nitrogen and oxygen atoms in total. The van der Waals surface area contributed by atoms with Gasteiger partial charge in [0.1, 0.15) is 0 Å². The summed E-state index contributed by atoms with van der Waals surface area (Å²) in [6.45, 7) is 8.72. The highest BCUT2D eigenvalue weighted by molar-refractivity contribution is 5.85. The van der Waals surface area contributed by atoms with Crippen LogP contribution in [0.25, 0.3) is 0 Å². The molecule has 1 amide bonds. The van der Waals surface area contributed by atoms with Gasteiger partial charge in [-0.25, -0.2) is 0 Å². The van der Waals surface area contributed by atoms with Gasteiger partial charge < -0.3 is 16.0 Å². The van der Waals surface area contributed by atoms with Crippen LogP contribution < -0.4 is 11.1 Å². The quantitative estimate of drug-likeness (QED) is 0.770. The van der Waals surface area contributed by atoms with Crippen molar-refractivity contribution >= 4 is 18.3 Å². The number of nitrogens with zero attached hydrogens (tertiary/aromatic N) is 1. The third-order valence-electron chi connectivity index (χ3n) is 2.72. The fourth-order valence-corrected chi connectivity index (χ4v) is 1.98. The van der Waals surface area contributed by atoms with Gasteiger partial charge in [0.05, 0.1) is 6.04 Å². The molecule has 1 unspecified atom stereocenters. The Hall–Kier alpha value is -0.320. The molecule has 16 heavy (non-hydrogen) atoms. The molecule has 96 valence electrons. The van der Waals surface area contributed by atoms with Gasteiger partial charge in [-0.15, -0.1) is 12.4 Å². The van der Waals surface area contributed by atoms with E-state index in [1.54, 1.807) is 0 Å². The van der Waals surface area contributed by atoms with Crippen LogP contribution in [0.15, 0.2) is 0 Å². The second-order valence-electron chi connectivity index (χ2n) is 4.88. The summed E-state index contributed by atoms with van der Waals surface area (Å²) in [4.78, 5) is 13.8. The Morgan fingerprint density at radius 2 is 2.19 bits per heavy atom. The number of carbonyl (C=O) groups excluding carboxylic acids is 1. The van der Waals surface area contributed by atoms with E-state index in [-0.39, 0.29) is 24.4 Å². The first kappa shape index (κ1) is 15.7. The van der Waals surface area contributed by atoms with E-state index < -0.39 is 0 Å². The van der Waals surface area contributed by atoms with Crippen LogP contribution >= 0.6 is 12.4 Å². The Morgan fingerprint density at radius 3 is 2.69 bits per heavy atom. The van der Waals surface area contributed by atoms with Crippen LogP contribution in [0.5, 0.6) is 0 Å². The number of carbonyl (C=O) groups is 1. The van der Waals surface area contributed by atoms with Gasteiger partial charge in [-0.1, -0.05) is 13.8 Å². The lowest BCUT2D eigenvalue weighted by Gasteiger charge is -2.33. The Balaban J connectivity index is 0.00000225. The Kier molecular flexibility index (Phi) is 6.95. The molecule has 0 saturated carbocycles. The van der Waals surface area contributed by atoms with Crippen molar-refractivity contribution in [1.82, 2.24) is 10.2 Å². The molecule has 0 aromatic carbocycles. The molecule has 3 N–H and O–H groups in total. The molecule has 0 bridgehead atoms. The maximum Gasteiger partial charge on any atom is 0.239 e. The molecule has 1 heterocycles. The van der Waals surface area contributed by atoms with Crippen molar-refractivity contribution in [3.8, 4) is 0 Å². The number of amides is 1. The minimum atomic E-state index is -0.324. The molecule has 0 aromatic heterocycles. The highest BCUT2D eigenvalue weighted by Gasteiger charge is 2.25. The summed E-state index contributed by atoms with van der Waals surface area (Å²) >= 11 is 0. The largest absolute Gasteiger partial charge is 0.339 e. The van der Waals surface area contributed by atoms with E-state index in [9.17, 15) is 4.79 Å². The highest BCUT2D eigenvalue weighted by atomic mass is 35.5. The summed E-state index contributed by atoms with van der Waals surface area (Å²) in [5.74, 6) is 0.585. The Morgan fingerprint density at radius 1 is 1.56 bits per heavy atom.